The Labute approximate surface area is 341 Å². The molecule has 1 saturated heterocycles. The summed E-state index contributed by atoms with van der Waals surface area (Å²) in [5.74, 6) is 0.444. The summed E-state index contributed by atoms with van der Waals surface area (Å²) in [6, 6.07) is 27.6. The van der Waals surface area contributed by atoms with E-state index in [2.05, 4.69) is 28.4 Å². The predicted molar refractivity (Wildman–Crippen MR) is 230 cm³/mol. The number of methoxy groups -OCH3 is 2. The smallest absolute Gasteiger partial charge is 0.212 e. The standard InChI is InChI=1S/C22H20ClFN2O2.C19H14ClF2NO.2CH5P/c1-28-19-7-6-16(22(24)21(19)15-3-2-4-17(23)10-15)9-14-5-8-20(25-11-14)26-12-18(27)13-26;1-24-16-7-6-14(9-12-5-8-17(21)23-11-12)19(22)18(16)13-3-2-4-15(20)10-13;2*1-2/h2-8,10-11,18,27H,9,12-13H2,1H3;2-8,10-11H,9H2,1H3;2*2H2,1H3. The molecule has 0 spiro atoms. The molecule has 2 unspecified atom stereocenters. The van der Waals surface area contributed by atoms with Crippen LogP contribution in [0.25, 0.3) is 22.3 Å². The average Bonchev–Trinajstić information content (AvgIpc) is 3.21. The lowest BCUT2D eigenvalue weighted by Crippen LogP contribution is -2.51. The van der Waals surface area contributed by atoms with Crippen LogP contribution in [0, 0.1) is 17.6 Å². The zero-order valence-electron chi connectivity index (χ0n) is 31.4. The number of aliphatic hydroxyl groups excluding tert-OH is 1. The maximum atomic E-state index is 15.4. The van der Waals surface area contributed by atoms with Crippen molar-refractivity contribution in [2.24, 2.45) is 0 Å². The van der Waals surface area contributed by atoms with Crippen LogP contribution in [-0.2, 0) is 12.8 Å². The number of halogens is 5. The minimum absolute atomic E-state index is 0.278. The van der Waals surface area contributed by atoms with E-state index < -0.39 is 5.95 Å². The number of pyridine rings is 2. The van der Waals surface area contributed by atoms with Crippen LogP contribution in [-0.4, -0.2) is 61.8 Å². The van der Waals surface area contributed by atoms with Gasteiger partial charge in [0.05, 0.1) is 31.5 Å². The molecule has 1 N–H and O–H groups in total. The van der Waals surface area contributed by atoms with E-state index in [-0.39, 0.29) is 17.7 Å². The SMILES string of the molecule is COc1ccc(Cc2ccc(F)nc2)c(F)c1-c1cccc(Cl)c1.COc1ccc(Cc2ccc(N3CC(O)C3)nc2)c(F)c1-c1cccc(Cl)c1.CP.CP. The normalized spacial score (nSPS) is 11.8. The number of ether oxygens (including phenoxy) is 2. The van der Waals surface area contributed by atoms with E-state index in [0.717, 1.165) is 16.9 Å². The number of benzene rings is 4. The summed E-state index contributed by atoms with van der Waals surface area (Å²) in [4.78, 5) is 10.0. The van der Waals surface area contributed by atoms with Crippen molar-refractivity contribution in [3.05, 3.63) is 159 Å². The van der Waals surface area contributed by atoms with E-state index in [1.807, 2.05) is 36.4 Å². The lowest BCUT2D eigenvalue weighted by atomic mass is 9.97. The molecule has 1 aliphatic rings. The van der Waals surface area contributed by atoms with Crippen LogP contribution in [0.15, 0.2) is 109 Å². The molecule has 0 radical (unpaired) electrons. The number of aromatic nitrogens is 2. The minimum Gasteiger partial charge on any atom is -0.496 e. The Morgan fingerprint density at radius 3 is 1.50 bits per heavy atom. The van der Waals surface area contributed by atoms with Crippen molar-refractivity contribution < 1.29 is 27.8 Å². The van der Waals surface area contributed by atoms with Gasteiger partial charge in [-0.3, -0.25) is 0 Å². The summed E-state index contributed by atoms with van der Waals surface area (Å²) < 4.78 is 54.0. The highest BCUT2D eigenvalue weighted by atomic mass is 35.5. The van der Waals surface area contributed by atoms with Crippen molar-refractivity contribution in [1.29, 1.82) is 0 Å². The van der Waals surface area contributed by atoms with Crippen LogP contribution in [0.2, 0.25) is 10.0 Å². The second kappa shape index (κ2) is 21.9. The van der Waals surface area contributed by atoms with Gasteiger partial charge in [-0.05, 0) is 81.9 Å². The topological polar surface area (TPSA) is 67.7 Å². The van der Waals surface area contributed by atoms with Crippen LogP contribution in [0.1, 0.15) is 22.3 Å². The first-order valence-corrected chi connectivity index (χ1v) is 20.6. The lowest BCUT2D eigenvalue weighted by Gasteiger charge is -2.36. The van der Waals surface area contributed by atoms with Crippen molar-refractivity contribution in [3.63, 3.8) is 0 Å². The first-order chi connectivity index (χ1) is 27.1. The molecule has 1 aliphatic heterocycles. The highest BCUT2D eigenvalue weighted by Crippen LogP contribution is 2.37. The number of β-amino-alcohol motifs (C(OH)–C–C–N with tert-alkyl or cyclic N) is 1. The molecule has 0 bridgehead atoms. The van der Waals surface area contributed by atoms with Gasteiger partial charge < -0.3 is 19.5 Å². The number of anilines is 1. The Hall–Kier alpha value is -4.23. The Morgan fingerprint density at radius 1 is 0.661 bits per heavy atom. The van der Waals surface area contributed by atoms with E-state index in [1.54, 1.807) is 79.0 Å². The fourth-order valence-corrected chi connectivity index (χ4v) is 6.32. The first-order valence-electron chi connectivity index (χ1n) is 17.5. The quantitative estimate of drug-likeness (QED) is 0.116. The largest absolute Gasteiger partial charge is 0.496 e. The maximum Gasteiger partial charge on any atom is 0.212 e. The molecule has 56 heavy (non-hydrogen) atoms. The maximum absolute atomic E-state index is 15.4. The van der Waals surface area contributed by atoms with Crippen molar-refractivity contribution in [2.75, 3.05) is 45.5 Å². The fourth-order valence-electron chi connectivity index (χ4n) is 5.94. The molecular weight excluding hydrogens is 796 g/mol. The number of hydrogen-bond acceptors (Lipinski definition) is 6. The van der Waals surface area contributed by atoms with Crippen LogP contribution in [0.4, 0.5) is 19.0 Å². The highest BCUT2D eigenvalue weighted by Gasteiger charge is 2.25. The molecular formula is C43H44Cl2F3N3O3P2. The van der Waals surface area contributed by atoms with Gasteiger partial charge in [0.2, 0.25) is 5.95 Å². The summed E-state index contributed by atoms with van der Waals surface area (Å²) in [6.07, 6.45) is 3.59. The highest BCUT2D eigenvalue weighted by molar-refractivity contribution is 7.15. The number of rotatable bonds is 9. The van der Waals surface area contributed by atoms with Crippen molar-refractivity contribution in [3.8, 4) is 33.8 Å². The summed E-state index contributed by atoms with van der Waals surface area (Å²) in [7, 11) is 7.85. The molecule has 2 atom stereocenters. The Morgan fingerprint density at radius 2 is 1.12 bits per heavy atom. The van der Waals surface area contributed by atoms with Crippen molar-refractivity contribution in [2.45, 2.75) is 18.9 Å². The molecule has 3 heterocycles. The molecule has 6 nitrogen and oxygen atoms in total. The van der Waals surface area contributed by atoms with E-state index in [4.69, 9.17) is 32.7 Å². The summed E-state index contributed by atoms with van der Waals surface area (Å²) in [5.41, 5.74) is 4.73. The van der Waals surface area contributed by atoms with Crippen LogP contribution < -0.4 is 14.4 Å². The van der Waals surface area contributed by atoms with Crippen LogP contribution >= 0.6 is 41.7 Å². The third-order valence-corrected chi connectivity index (χ3v) is 9.08. The first kappa shape index (κ1) is 44.5. The summed E-state index contributed by atoms with van der Waals surface area (Å²) in [5, 5.41) is 10.5. The third kappa shape index (κ3) is 11.4. The third-order valence-electron chi connectivity index (χ3n) is 8.61. The van der Waals surface area contributed by atoms with E-state index in [0.29, 0.717) is 80.9 Å². The van der Waals surface area contributed by atoms with Gasteiger partial charge in [0.1, 0.15) is 29.0 Å². The molecule has 2 aromatic heterocycles. The molecule has 0 amide bonds. The zero-order chi connectivity index (χ0) is 40.8. The average molecular weight is 841 g/mol. The van der Waals surface area contributed by atoms with Gasteiger partial charge in [-0.15, -0.1) is 18.5 Å². The lowest BCUT2D eigenvalue weighted by molar-refractivity contribution is 0.141. The van der Waals surface area contributed by atoms with Crippen LogP contribution in [0.5, 0.6) is 11.5 Å². The second-order valence-corrected chi connectivity index (χ2v) is 13.1. The summed E-state index contributed by atoms with van der Waals surface area (Å²) in [6.45, 7) is 5.03. The second-order valence-electron chi connectivity index (χ2n) is 12.2. The molecule has 294 valence electrons. The summed E-state index contributed by atoms with van der Waals surface area (Å²) >= 11 is 12.1. The van der Waals surface area contributed by atoms with Gasteiger partial charge in [-0.1, -0.05) is 85.1 Å². The number of aliphatic hydroxyl groups is 1. The monoisotopic (exact) mass is 839 g/mol. The van der Waals surface area contributed by atoms with Gasteiger partial charge in [0, 0.05) is 48.4 Å². The molecule has 0 saturated carbocycles. The Bertz CT molecular complexity index is 2180. The van der Waals surface area contributed by atoms with E-state index in [9.17, 15) is 9.50 Å². The Kier molecular flexibility index (Phi) is 17.4. The van der Waals surface area contributed by atoms with Gasteiger partial charge in [0.15, 0.2) is 0 Å². The molecule has 0 aliphatic carbocycles. The molecule has 1 fully saturated rings. The van der Waals surface area contributed by atoms with Crippen molar-refractivity contribution >= 4 is 47.5 Å². The molecule has 4 aromatic carbocycles. The van der Waals surface area contributed by atoms with Gasteiger partial charge in [-0.25, -0.2) is 18.7 Å². The minimum atomic E-state index is -0.562. The predicted octanol–water partition coefficient (Wildman–Crippen LogP) is 10.6. The molecule has 13 heteroatoms. The molecule has 6 aromatic rings. The van der Waals surface area contributed by atoms with Crippen LogP contribution in [0.3, 0.4) is 0 Å². The van der Waals surface area contributed by atoms with E-state index in [1.165, 1.54) is 26.5 Å². The van der Waals surface area contributed by atoms with Gasteiger partial charge in [0.25, 0.3) is 0 Å². The number of hydrogen-bond donors (Lipinski definition) is 1. The van der Waals surface area contributed by atoms with E-state index >= 15 is 8.78 Å². The zero-order valence-corrected chi connectivity index (χ0v) is 35.3. The number of nitrogens with zero attached hydrogens (tertiary/aromatic N) is 3. The van der Waals surface area contributed by atoms with Crippen molar-refractivity contribution in [1.82, 2.24) is 9.97 Å². The molecule has 7 rings (SSSR count). The fraction of sp³-hybridized carbons (Fsp3) is 0.209. The Balaban J connectivity index is 0.000000231. The van der Waals surface area contributed by atoms with Gasteiger partial charge >= 0.3 is 0 Å². The van der Waals surface area contributed by atoms with Gasteiger partial charge in [-0.2, -0.15) is 4.39 Å².